The standard InChI is InChI=1S/C7H14N4O/c1-4-6(3)11-8-7(12)10(5-2)9-11/h6H,4-5H2,1-3H3. The molecule has 0 aliphatic rings. The van der Waals surface area contributed by atoms with Crippen LogP contribution in [-0.2, 0) is 6.54 Å². The van der Waals surface area contributed by atoms with Gasteiger partial charge in [0, 0.05) is 0 Å². The maximum atomic E-state index is 11.1. The summed E-state index contributed by atoms with van der Waals surface area (Å²) in [6.45, 7) is 6.47. The molecule has 0 spiro atoms. The smallest absolute Gasteiger partial charge is 0.266 e. The van der Waals surface area contributed by atoms with E-state index in [1.54, 1.807) is 0 Å². The normalized spacial score (nSPS) is 13.2. The molecule has 0 amide bonds. The van der Waals surface area contributed by atoms with Crippen molar-refractivity contribution in [1.82, 2.24) is 15.1 Å². The molecule has 0 saturated heterocycles. The summed E-state index contributed by atoms with van der Waals surface area (Å²) in [5.41, 5.74) is 0. The van der Waals surface area contributed by atoms with E-state index in [-0.39, 0.29) is 12.1 Å². The quantitative estimate of drug-likeness (QED) is 0.581. The fourth-order valence-corrected chi connectivity index (χ4v) is 0.857. The van der Waals surface area contributed by atoms with E-state index in [1.807, 2.05) is 20.8 Å². The summed E-state index contributed by atoms with van der Waals surface area (Å²) >= 11 is 0. The molecule has 1 unspecified atom stereocenters. The van der Waals surface area contributed by atoms with Gasteiger partial charge in [-0.05, 0) is 25.1 Å². The van der Waals surface area contributed by atoms with E-state index < -0.39 is 0 Å². The van der Waals surface area contributed by atoms with Gasteiger partial charge in [0.15, 0.2) is 0 Å². The Balaban J connectivity index is 2.88. The second kappa shape index (κ2) is 3.51. The van der Waals surface area contributed by atoms with Crippen LogP contribution in [0.25, 0.3) is 0 Å². The molecular formula is C7H14N4O. The molecular weight excluding hydrogens is 156 g/mol. The highest BCUT2D eigenvalue weighted by molar-refractivity contribution is 4.65. The molecule has 1 atom stereocenters. The summed E-state index contributed by atoms with van der Waals surface area (Å²) in [4.78, 5) is 1.48. The fraction of sp³-hybridized carbons (Fsp3) is 0.857. The number of rotatable bonds is 3. The van der Waals surface area contributed by atoms with Gasteiger partial charge in [-0.3, -0.25) is 0 Å². The number of hydrogen-bond donors (Lipinski definition) is 0. The maximum absolute atomic E-state index is 11.1. The molecule has 0 aliphatic carbocycles. The van der Waals surface area contributed by atoms with Crippen molar-refractivity contribution in [2.45, 2.75) is 39.8 Å². The van der Waals surface area contributed by atoms with E-state index in [0.29, 0.717) is 6.54 Å². The molecule has 0 radical (unpaired) electrons. The van der Waals surface area contributed by atoms with Crippen LogP contribution in [0.2, 0.25) is 0 Å². The van der Waals surface area contributed by atoms with E-state index in [9.17, 15) is 5.11 Å². The second-order valence-corrected chi connectivity index (χ2v) is 2.77. The van der Waals surface area contributed by atoms with Gasteiger partial charge in [0.2, 0.25) is 0 Å². The minimum atomic E-state index is -0.266. The number of aromatic nitrogens is 4. The molecule has 0 aliphatic heterocycles. The highest BCUT2D eigenvalue weighted by atomic mass is 16.3. The summed E-state index contributed by atoms with van der Waals surface area (Å²) in [5, 5.41) is 18.8. The van der Waals surface area contributed by atoms with Crippen LogP contribution in [0.5, 0.6) is 6.01 Å². The molecule has 1 heterocycles. The lowest BCUT2D eigenvalue weighted by Gasteiger charge is -1.96. The average Bonchev–Trinajstić information content (AvgIpc) is 2.45. The molecule has 1 aromatic heterocycles. The third-order valence-electron chi connectivity index (χ3n) is 1.89. The molecule has 12 heavy (non-hydrogen) atoms. The Morgan fingerprint density at radius 1 is 1.58 bits per heavy atom. The Morgan fingerprint density at radius 3 is 2.67 bits per heavy atom. The van der Waals surface area contributed by atoms with Crippen LogP contribution < -0.4 is 9.79 Å². The van der Waals surface area contributed by atoms with E-state index in [0.717, 1.165) is 6.42 Å². The molecule has 5 nitrogen and oxygen atoms in total. The topological polar surface area (TPSA) is 57.6 Å². The van der Waals surface area contributed by atoms with Crippen molar-refractivity contribution in [3.05, 3.63) is 0 Å². The zero-order valence-electron chi connectivity index (χ0n) is 7.69. The summed E-state index contributed by atoms with van der Waals surface area (Å²) < 4.78 is 1.35. The van der Waals surface area contributed by atoms with Gasteiger partial charge in [0.05, 0.1) is 16.9 Å². The Hall–Kier alpha value is -1.13. The first kappa shape index (κ1) is 8.96. The van der Waals surface area contributed by atoms with Crippen LogP contribution in [0.3, 0.4) is 0 Å². The average molecular weight is 170 g/mol. The number of tetrazole rings is 1. The highest BCUT2D eigenvalue weighted by Crippen LogP contribution is 2.04. The van der Waals surface area contributed by atoms with Gasteiger partial charge in [-0.15, -0.1) is 4.68 Å². The van der Waals surface area contributed by atoms with Crippen molar-refractivity contribution in [2.75, 3.05) is 0 Å². The van der Waals surface area contributed by atoms with Gasteiger partial charge in [-0.25, -0.2) is 0 Å². The Kier molecular flexibility index (Phi) is 2.62. The Bertz CT molecular complexity index is 258. The monoisotopic (exact) mass is 170 g/mol. The van der Waals surface area contributed by atoms with Gasteiger partial charge >= 0.3 is 0 Å². The number of hydrogen-bond acceptors (Lipinski definition) is 3. The van der Waals surface area contributed by atoms with Crippen LogP contribution in [0.1, 0.15) is 33.2 Å². The first-order valence-electron chi connectivity index (χ1n) is 4.23. The van der Waals surface area contributed by atoms with Gasteiger partial charge < -0.3 is 5.11 Å². The SMILES string of the molecule is CCC(C)n1nc([O-])[n+](CC)n1. The van der Waals surface area contributed by atoms with Crippen LogP contribution in [0, 0.1) is 0 Å². The second-order valence-electron chi connectivity index (χ2n) is 2.77. The van der Waals surface area contributed by atoms with Crippen LogP contribution in [0.4, 0.5) is 0 Å². The van der Waals surface area contributed by atoms with Crippen molar-refractivity contribution >= 4 is 0 Å². The Labute approximate surface area is 71.6 Å². The summed E-state index contributed by atoms with van der Waals surface area (Å²) in [6.07, 6.45) is 0.928. The fourth-order valence-electron chi connectivity index (χ4n) is 0.857. The first-order chi connectivity index (χ1) is 5.69. The lowest BCUT2D eigenvalue weighted by Crippen LogP contribution is -2.38. The van der Waals surface area contributed by atoms with E-state index in [2.05, 4.69) is 10.3 Å². The molecule has 1 aromatic rings. The molecule has 0 bridgehead atoms. The predicted molar refractivity (Wildman–Crippen MR) is 40.3 cm³/mol. The molecule has 68 valence electrons. The highest BCUT2D eigenvalue weighted by Gasteiger charge is 2.14. The van der Waals surface area contributed by atoms with Crippen molar-refractivity contribution in [2.24, 2.45) is 0 Å². The molecule has 0 aromatic carbocycles. The molecule has 0 saturated carbocycles. The van der Waals surface area contributed by atoms with Crippen LogP contribution >= 0.6 is 0 Å². The number of nitrogens with zero attached hydrogens (tertiary/aromatic N) is 4. The van der Waals surface area contributed by atoms with E-state index in [4.69, 9.17) is 0 Å². The van der Waals surface area contributed by atoms with Crippen LogP contribution in [0.15, 0.2) is 0 Å². The summed E-state index contributed by atoms with van der Waals surface area (Å²) in [6, 6.07) is -0.0664. The third kappa shape index (κ3) is 1.54. The molecule has 5 heteroatoms. The van der Waals surface area contributed by atoms with Crippen LogP contribution in [-0.4, -0.2) is 15.1 Å². The minimum Gasteiger partial charge on any atom is -0.816 e. The van der Waals surface area contributed by atoms with E-state index >= 15 is 0 Å². The van der Waals surface area contributed by atoms with Gasteiger partial charge in [0.25, 0.3) is 6.01 Å². The van der Waals surface area contributed by atoms with Crippen molar-refractivity contribution in [3.63, 3.8) is 0 Å². The molecule has 0 fully saturated rings. The molecule has 1 rings (SSSR count). The molecule has 0 N–H and O–H groups in total. The minimum absolute atomic E-state index is 0.200. The van der Waals surface area contributed by atoms with Crippen molar-refractivity contribution in [3.8, 4) is 6.01 Å². The van der Waals surface area contributed by atoms with Crippen molar-refractivity contribution < 1.29 is 9.79 Å². The Morgan fingerprint density at radius 2 is 2.25 bits per heavy atom. The maximum Gasteiger partial charge on any atom is 0.266 e. The lowest BCUT2D eigenvalue weighted by atomic mass is 10.3. The number of aryl methyl sites for hydroxylation is 1. The van der Waals surface area contributed by atoms with Gasteiger partial charge in [-0.1, -0.05) is 6.92 Å². The van der Waals surface area contributed by atoms with Gasteiger partial charge in [-0.2, -0.15) is 0 Å². The predicted octanol–water partition coefficient (Wildman–Crippen LogP) is -0.370. The largest absolute Gasteiger partial charge is 0.816 e. The van der Waals surface area contributed by atoms with Crippen molar-refractivity contribution in [1.29, 1.82) is 0 Å². The first-order valence-corrected chi connectivity index (χ1v) is 4.23. The summed E-state index contributed by atoms with van der Waals surface area (Å²) in [7, 11) is 0. The lowest BCUT2D eigenvalue weighted by molar-refractivity contribution is -0.784. The van der Waals surface area contributed by atoms with E-state index in [1.165, 1.54) is 9.48 Å². The van der Waals surface area contributed by atoms with Gasteiger partial charge in [0.1, 0.15) is 6.04 Å². The summed E-state index contributed by atoms with van der Waals surface area (Å²) in [5.74, 6) is 0. The third-order valence-corrected chi connectivity index (χ3v) is 1.89. The zero-order valence-corrected chi connectivity index (χ0v) is 7.69. The zero-order chi connectivity index (χ0) is 9.14.